The maximum atomic E-state index is 12.7. The molecule has 1 fully saturated rings. The van der Waals surface area contributed by atoms with E-state index in [4.69, 9.17) is 16.3 Å². The number of carboxylic acids is 1. The third kappa shape index (κ3) is 4.84. The Hall–Kier alpha value is -3.24. The van der Waals surface area contributed by atoms with Crippen molar-refractivity contribution < 1.29 is 19.4 Å². The molecule has 0 aliphatic heterocycles. The lowest BCUT2D eigenvalue weighted by atomic mass is 9.95. The van der Waals surface area contributed by atoms with Crippen molar-refractivity contribution in [3.05, 3.63) is 82.5 Å². The van der Waals surface area contributed by atoms with E-state index in [1.807, 2.05) is 62.4 Å². The van der Waals surface area contributed by atoms with Crippen LogP contribution in [-0.2, 0) is 14.9 Å². The van der Waals surface area contributed by atoms with Gasteiger partial charge in [-0.2, -0.15) is 4.37 Å². The van der Waals surface area contributed by atoms with Crippen LogP contribution in [0.2, 0.25) is 5.02 Å². The van der Waals surface area contributed by atoms with Crippen LogP contribution in [0.1, 0.15) is 42.7 Å². The van der Waals surface area contributed by atoms with Gasteiger partial charge in [-0.25, -0.2) is 4.79 Å². The number of amides is 1. The fraction of sp³-hybridized carbons (Fsp3) is 0.207. The molecule has 1 atom stereocenters. The third-order valence-electron chi connectivity index (χ3n) is 7.00. The Bertz CT molecular complexity index is 1690. The van der Waals surface area contributed by atoms with E-state index in [-0.39, 0.29) is 6.10 Å². The number of ether oxygens (including phenoxy) is 1. The van der Waals surface area contributed by atoms with Crippen LogP contribution < -0.4 is 5.32 Å². The standard InChI is InChI=1S/C29H23ClN2O4S3/c1-15-25(31-28(35)36-16(2)17-6-4-3-5-7-17)26(39-32-15)24-14-23-22(38-24)13-21(37-23)18-8-9-19(20(30)12-18)29(10-11-29)27(33)34/h3-9,12-14,16H,10-11H2,1-2H3,(H,31,35)(H,33,34)/t16-/m1/s1. The highest BCUT2D eigenvalue weighted by Gasteiger charge is 2.52. The SMILES string of the molecule is Cc1nsc(-c2cc3sc(-c4ccc(C5(C(=O)O)CC5)c(Cl)c4)cc3s2)c1NC(=O)O[C@H](C)c1ccccc1. The van der Waals surface area contributed by atoms with E-state index in [0.717, 1.165) is 40.9 Å². The average Bonchev–Trinajstić information content (AvgIpc) is 3.31. The van der Waals surface area contributed by atoms with Crippen LogP contribution in [0.3, 0.4) is 0 Å². The molecule has 5 aromatic rings. The first-order chi connectivity index (χ1) is 18.7. The summed E-state index contributed by atoms with van der Waals surface area (Å²) in [5.41, 5.74) is 3.15. The maximum Gasteiger partial charge on any atom is 0.412 e. The van der Waals surface area contributed by atoms with Crippen LogP contribution in [0.5, 0.6) is 0 Å². The summed E-state index contributed by atoms with van der Waals surface area (Å²) in [6.07, 6.45) is 0.342. The van der Waals surface area contributed by atoms with Crippen molar-refractivity contribution in [3.8, 4) is 20.2 Å². The maximum absolute atomic E-state index is 12.7. The van der Waals surface area contributed by atoms with Gasteiger partial charge in [-0.15, -0.1) is 22.7 Å². The monoisotopic (exact) mass is 594 g/mol. The zero-order valence-corrected chi connectivity index (χ0v) is 24.2. The number of nitrogens with zero attached hydrogens (tertiary/aromatic N) is 1. The molecule has 1 aliphatic rings. The van der Waals surface area contributed by atoms with E-state index in [2.05, 4.69) is 21.8 Å². The Morgan fingerprint density at radius 1 is 1.05 bits per heavy atom. The van der Waals surface area contributed by atoms with E-state index >= 15 is 0 Å². The molecule has 3 heterocycles. The summed E-state index contributed by atoms with van der Waals surface area (Å²) in [5, 5.41) is 13.0. The number of anilines is 1. The van der Waals surface area contributed by atoms with Crippen LogP contribution in [0.15, 0.2) is 60.7 Å². The molecular weight excluding hydrogens is 572 g/mol. The van der Waals surface area contributed by atoms with Crippen molar-refractivity contribution >= 4 is 73.0 Å². The molecule has 39 heavy (non-hydrogen) atoms. The van der Waals surface area contributed by atoms with E-state index < -0.39 is 17.5 Å². The minimum Gasteiger partial charge on any atom is -0.481 e. The number of carbonyl (C=O) groups is 2. The van der Waals surface area contributed by atoms with E-state index in [1.165, 1.54) is 11.5 Å². The van der Waals surface area contributed by atoms with Crippen LogP contribution in [0, 0.1) is 6.92 Å². The molecule has 0 unspecified atom stereocenters. The topological polar surface area (TPSA) is 88.5 Å². The van der Waals surface area contributed by atoms with Gasteiger partial charge in [-0.05, 0) is 73.1 Å². The normalized spacial score (nSPS) is 14.7. The van der Waals surface area contributed by atoms with E-state index in [0.29, 0.717) is 29.1 Å². The molecule has 0 saturated heterocycles. The molecule has 1 saturated carbocycles. The minimum atomic E-state index is -0.828. The predicted molar refractivity (Wildman–Crippen MR) is 160 cm³/mol. The Kier molecular flexibility index (Phi) is 6.71. The summed E-state index contributed by atoms with van der Waals surface area (Å²) in [4.78, 5) is 27.4. The third-order valence-corrected chi connectivity index (χ3v) is 10.8. The highest BCUT2D eigenvalue weighted by molar-refractivity contribution is 7.32. The van der Waals surface area contributed by atoms with Crippen molar-refractivity contribution in [1.29, 1.82) is 0 Å². The quantitative estimate of drug-likeness (QED) is 0.196. The van der Waals surface area contributed by atoms with Crippen molar-refractivity contribution in [2.75, 3.05) is 5.32 Å². The van der Waals surface area contributed by atoms with Crippen molar-refractivity contribution in [3.63, 3.8) is 0 Å². The fourth-order valence-electron chi connectivity index (χ4n) is 4.64. The number of fused-ring (bicyclic) bond motifs is 1. The number of rotatable bonds is 7. The van der Waals surface area contributed by atoms with Crippen LogP contribution in [0.4, 0.5) is 10.5 Å². The zero-order chi connectivity index (χ0) is 27.3. The lowest BCUT2D eigenvalue weighted by molar-refractivity contribution is -0.140. The Morgan fingerprint density at radius 2 is 1.74 bits per heavy atom. The molecule has 0 radical (unpaired) electrons. The summed E-state index contributed by atoms with van der Waals surface area (Å²) in [7, 11) is 0. The lowest BCUT2D eigenvalue weighted by Gasteiger charge is -2.14. The number of hydrogen-bond acceptors (Lipinski definition) is 7. The van der Waals surface area contributed by atoms with E-state index in [9.17, 15) is 14.7 Å². The summed E-state index contributed by atoms with van der Waals surface area (Å²) in [6.45, 7) is 3.71. The molecule has 6 rings (SSSR count). The van der Waals surface area contributed by atoms with Crippen molar-refractivity contribution in [2.24, 2.45) is 0 Å². The van der Waals surface area contributed by atoms with Gasteiger partial charge in [0.2, 0.25) is 0 Å². The molecular formula is C29H23ClN2O4S3. The predicted octanol–water partition coefficient (Wildman–Crippen LogP) is 9.14. The van der Waals surface area contributed by atoms with Crippen molar-refractivity contribution in [2.45, 2.75) is 38.2 Å². The van der Waals surface area contributed by atoms with Gasteiger partial charge < -0.3 is 9.84 Å². The second-order valence-corrected chi connectivity index (χ2v) is 12.9. The number of nitrogens with one attached hydrogen (secondary N) is 1. The summed E-state index contributed by atoms with van der Waals surface area (Å²) >= 11 is 11.2. The second-order valence-electron chi connectivity index (χ2n) is 9.59. The number of aromatic nitrogens is 1. The van der Waals surface area contributed by atoms with Gasteiger partial charge in [0.1, 0.15) is 6.10 Å². The number of aryl methyl sites for hydroxylation is 1. The number of carbonyl (C=O) groups excluding carboxylic acids is 1. The molecule has 2 N–H and O–H groups in total. The van der Waals surface area contributed by atoms with Gasteiger partial charge in [-0.1, -0.05) is 54.1 Å². The van der Waals surface area contributed by atoms with Crippen LogP contribution in [-0.4, -0.2) is 21.5 Å². The number of thiophene rings is 2. The first kappa shape index (κ1) is 26.0. The first-order valence-electron chi connectivity index (χ1n) is 12.3. The van der Waals surface area contributed by atoms with Gasteiger partial charge in [0, 0.05) is 19.3 Å². The number of hydrogen-bond donors (Lipinski definition) is 2. The minimum absolute atomic E-state index is 0.381. The molecule has 2 aromatic carbocycles. The zero-order valence-electron chi connectivity index (χ0n) is 21.0. The van der Waals surface area contributed by atoms with Crippen LogP contribution >= 0.6 is 45.8 Å². The Balaban J connectivity index is 1.22. The number of aliphatic carboxylic acids is 1. The largest absolute Gasteiger partial charge is 0.481 e. The lowest BCUT2D eigenvalue weighted by Crippen LogP contribution is -2.19. The highest BCUT2D eigenvalue weighted by atomic mass is 35.5. The molecule has 198 valence electrons. The number of benzene rings is 2. The van der Waals surface area contributed by atoms with Gasteiger partial charge in [-0.3, -0.25) is 10.1 Å². The number of carboxylic acid groups (broad SMARTS) is 1. The highest BCUT2D eigenvalue weighted by Crippen LogP contribution is 2.52. The first-order valence-corrected chi connectivity index (χ1v) is 15.1. The molecule has 10 heteroatoms. The Labute approximate surface area is 242 Å². The molecule has 1 amide bonds. The Morgan fingerprint density at radius 3 is 2.41 bits per heavy atom. The van der Waals surface area contributed by atoms with E-state index in [1.54, 1.807) is 22.7 Å². The molecule has 1 aliphatic carbocycles. The molecule has 6 nitrogen and oxygen atoms in total. The second kappa shape index (κ2) is 10.1. The van der Waals surface area contributed by atoms with Crippen LogP contribution in [0.25, 0.3) is 29.6 Å². The summed E-state index contributed by atoms with van der Waals surface area (Å²) < 4.78 is 12.3. The number of halogens is 1. The van der Waals surface area contributed by atoms with Gasteiger partial charge in [0.05, 0.1) is 26.6 Å². The molecule has 0 spiro atoms. The summed E-state index contributed by atoms with van der Waals surface area (Å²) in [5.74, 6) is -0.813. The molecule has 3 aromatic heterocycles. The van der Waals surface area contributed by atoms with Gasteiger partial charge >= 0.3 is 12.1 Å². The average molecular weight is 595 g/mol. The molecule has 0 bridgehead atoms. The van der Waals surface area contributed by atoms with Gasteiger partial charge in [0.25, 0.3) is 0 Å². The van der Waals surface area contributed by atoms with Crippen molar-refractivity contribution in [1.82, 2.24) is 4.37 Å². The summed E-state index contributed by atoms with van der Waals surface area (Å²) in [6, 6.07) is 19.5. The smallest absolute Gasteiger partial charge is 0.412 e. The fourth-order valence-corrected chi connectivity index (χ4v) is 8.33. The van der Waals surface area contributed by atoms with Gasteiger partial charge in [0.15, 0.2) is 0 Å².